The van der Waals surface area contributed by atoms with Crippen LogP contribution < -0.4 is 5.73 Å². The topological polar surface area (TPSA) is 66.0 Å². The van der Waals surface area contributed by atoms with E-state index in [4.69, 9.17) is 10.5 Å². The molecule has 1 aromatic rings. The second kappa shape index (κ2) is 5.61. The van der Waals surface area contributed by atoms with Crippen LogP contribution in [0.5, 0.6) is 0 Å². The number of hydrogen-bond donors (Lipinski definition) is 1. The molecule has 5 nitrogen and oxygen atoms in total. The van der Waals surface area contributed by atoms with E-state index >= 15 is 0 Å². The Hall–Kier alpha value is -1.22. The van der Waals surface area contributed by atoms with Gasteiger partial charge in [-0.05, 0) is 13.3 Å². The van der Waals surface area contributed by atoms with Crippen LogP contribution in [0.3, 0.4) is 0 Å². The van der Waals surface area contributed by atoms with Crippen molar-refractivity contribution in [2.45, 2.75) is 25.6 Å². The Morgan fingerprint density at radius 3 is 2.61 bits per heavy atom. The number of rotatable bonds is 5. The largest absolute Gasteiger partial charge is 0.435 e. The van der Waals surface area contributed by atoms with Gasteiger partial charge in [0.2, 0.25) is 0 Å². The number of hydrogen-bond acceptors (Lipinski definition) is 4. The number of thiocarbonyl (C=S) groups is 1. The van der Waals surface area contributed by atoms with Gasteiger partial charge in [-0.25, -0.2) is 4.68 Å². The van der Waals surface area contributed by atoms with Crippen LogP contribution in [0.2, 0.25) is 0 Å². The predicted octanol–water partition coefficient (Wildman–Crippen LogP) is 1.53. The third-order valence-corrected chi connectivity index (χ3v) is 2.55. The van der Waals surface area contributed by atoms with Gasteiger partial charge in [-0.1, -0.05) is 17.4 Å². The van der Waals surface area contributed by atoms with Crippen molar-refractivity contribution >= 4 is 17.2 Å². The average molecular weight is 282 g/mol. The van der Waals surface area contributed by atoms with E-state index in [0.717, 1.165) is 4.68 Å². The molecule has 0 aliphatic carbocycles. The lowest BCUT2D eigenvalue weighted by atomic mass is 10.2. The van der Waals surface area contributed by atoms with Gasteiger partial charge in [-0.3, -0.25) is 0 Å². The zero-order chi connectivity index (χ0) is 13.9. The van der Waals surface area contributed by atoms with Crippen LogP contribution in [-0.4, -0.2) is 33.7 Å². The SMILES string of the molecule is COCCC(C)n1nnc(C(N)=S)c1C(F)(F)F. The molecule has 1 unspecified atom stereocenters. The van der Waals surface area contributed by atoms with Crippen molar-refractivity contribution in [1.82, 2.24) is 15.0 Å². The van der Waals surface area contributed by atoms with Crippen LogP contribution >= 0.6 is 12.2 Å². The lowest BCUT2D eigenvalue weighted by molar-refractivity contribution is -0.145. The predicted molar refractivity (Wildman–Crippen MR) is 62.1 cm³/mol. The molecule has 0 radical (unpaired) electrons. The first-order chi connectivity index (χ1) is 8.29. The van der Waals surface area contributed by atoms with Gasteiger partial charge in [0, 0.05) is 13.7 Å². The summed E-state index contributed by atoms with van der Waals surface area (Å²) < 4.78 is 44.4. The van der Waals surface area contributed by atoms with Gasteiger partial charge in [0.25, 0.3) is 0 Å². The van der Waals surface area contributed by atoms with Crippen LogP contribution in [0.1, 0.15) is 30.8 Å². The van der Waals surface area contributed by atoms with Crippen LogP contribution in [-0.2, 0) is 10.9 Å². The maximum atomic E-state index is 12.9. The van der Waals surface area contributed by atoms with Crippen molar-refractivity contribution < 1.29 is 17.9 Å². The molecular formula is C9H13F3N4OS. The Labute approximate surface area is 107 Å². The molecule has 0 amide bonds. The van der Waals surface area contributed by atoms with Crippen LogP contribution in [0, 0.1) is 0 Å². The molecular weight excluding hydrogens is 269 g/mol. The minimum atomic E-state index is -4.61. The average Bonchev–Trinajstić information content (AvgIpc) is 2.69. The summed E-state index contributed by atoms with van der Waals surface area (Å²) in [6.45, 7) is 1.91. The van der Waals surface area contributed by atoms with Gasteiger partial charge in [-0.15, -0.1) is 5.10 Å². The van der Waals surface area contributed by atoms with Gasteiger partial charge in [0.05, 0.1) is 6.04 Å². The minimum absolute atomic E-state index is 0.320. The fourth-order valence-corrected chi connectivity index (χ4v) is 1.58. The molecule has 0 spiro atoms. The maximum absolute atomic E-state index is 12.9. The molecule has 0 saturated carbocycles. The van der Waals surface area contributed by atoms with Gasteiger partial charge in [0.15, 0.2) is 11.4 Å². The first kappa shape index (κ1) is 14.8. The van der Waals surface area contributed by atoms with E-state index in [1.807, 2.05) is 0 Å². The molecule has 0 saturated heterocycles. The minimum Gasteiger partial charge on any atom is -0.388 e. The third kappa shape index (κ3) is 3.16. The molecule has 0 aliphatic rings. The fourth-order valence-electron chi connectivity index (χ4n) is 1.44. The molecule has 1 rings (SSSR count). The maximum Gasteiger partial charge on any atom is 0.435 e. The first-order valence-electron chi connectivity index (χ1n) is 5.10. The van der Waals surface area contributed by atoms with E-state index in [2.05, 4.69) is 22.5 Å². The normalized spacial score (nSPS) is 13.6. The van der Waals surface area contributed by atoms with Gasteiger partial charge in [0.1, 0.15) is 4.99 Å². The second-order valence-corrected chi connectivity index (χ2v) is 4.16. The van der Waals surface area contributed by atoms with Crippen LogP contribution in [0.4, 0.5) is 13.2 Å². The summed E-state index contributed by atoms with van der Waals surface area (Å²) in [5.74, 6) is 0. The number of ether oxygens (including phenoxy) is 1. The van der Waals surface area contributed by atoms with Gasteiger partial charge < -0.3 is 10.5 Å². The monoisotopic (exact) mass is 282 g/mol. The van der Waals surface area contributed by atoms with Crippen molar-refractivity contribution in [1.29, 1.82) is 0 Å². The van der Waals surface area contributed by atoms with E-state index in [1.165, 1.54) is 7.11 Å². The Balaban J connectivity index is 3.16. The highest BCUT2D eigenvalue weighted by molar-refractivity contribution is 7.80. The van der Waals surface area contributed by atoms with E-state index in [-0.39, 0.29) is 0 Å². The molecule has 0 bridgehead atoms. The highest BCUT2D eigenvalue weighted by atomic mass is 32.1. The fraction of sp³-hybridized carbons (Fsp3) is 0.667. The summed E-state index contributed by atoms with van der Waals surface area (Å²) in [4.78, 5) is -0.424. The zero-order valence-corrected chi connectivity index (χ0v) is 10.7. The summed E-state index contributed by atoms with van der Waals surface area (Å²) in [6, 6.07) is -0.517. The Kier molecular flexibility index (Phi) is 4.63. The van der Waals surface area contributed by atoms with Crippen LogP contribution in [0.25, 0.3) is 0 Å². The van der Waals surface area contributed by atoms with E-state index < -0.39 is 28.6 Å². The molecule has 18 heavy (non-hydrogen) atoms. The molecule has 0 aliphatic heterocycles. The second-order valence-electron chi connectivity index (χ2n) is 3.72. The number of nitrogens with two attached hydrogens (primary N) is 1. The number of nitrogens with zero attached hydrogens (tertiary/aromatic N) is 3. The molecule has 1 atom stereocenters. The van der Waals surface area contributed by atoms with E-state index in [1.54, 1.807) is 6.92 Å². The highest BCUT2D eigenvalue weighted by Crippen LogP contribution is 2.33. The molecule has 0 aromatic carbocycles. The third-order valence-electron chi connectivity index (χ3n) is 2.35. The molecule has 1 heterocycles. The standard InChI is InChI=1S/C9H13F3N4OS/c1-5(3-4-17-2)16-7(9(10,11)12)6(8(13)18)14-15-16/h5H,3-4H2,1-2H3,(H2,13,18). The number of halogens is 3. The summed E-state index contributed by atoms with van der Waals surface area (Å²) >= 11 is 4.54. The summed E-state index contributed by atoms with van der Waals surface area (Å²) in [6.07, 6.45) is -4.23. The molecule has 1 aromatic heterocycles. The number of methoxy groups -OCH3 is 1. The molecule has 9 heteroatoms. The summed E-state index contributed by atoms with van der Waals surface area (Å²) in [5, 5.41) is 6.88. The zero-order valence-electron chi connectivity index (χ0n) is 9.86. The summed E-state index contributed by atoms with van der Waals surface area (Å²) in [7, 11) is 1.47. The highest BCUT2D eigenvalue weighted by Gasteiger charge is 2.41. The quantitative estimate of drug-likeness (QED) is 0.830. The van der Waals surface area contributed by atoms with Crippen molar-refractivity contribution in [3.05, 3.63) is 11.4 Å². The Bertz CT molecular complexity index is 432. The summed E-state index contributed by atoms with van der Waals surface area (Å²) in [5.41, 5.74) is 3.70. The smallest absolute Gasteiger partial charge is 0.388 e. The lowest BCUT2D eigenvalue weighted by Crippen LogP contribution is -2.23. The van der Waals surface area contributed by atoms with Crippen molar-refractivity contribution in [2.75, 3.05) is 13.7 Å². The van der Waals surface area contributed by atoms with Gasteiger partial charge in [-0.2, -0.15) is 13.2 Å². The molecule has 2 N–H and O–H groups in total. The molecule has 102 valence electrons. The first-order valence-corrected chi connectivity index (χ1v) is 5.51. The Morgan fingerprint density at radius 1 is 1.56 bits per heavy atom. The van der Waals surface area contributed by atoms with E-state index in [9.17, 15) is 13.2 Å². The van der Waals surface area contributed by atoms with E-state index in [0.29, 0.717) is 13.0 Å². The van der Waals surface area contributed by atoms with Crippen molar-refractivity contribution in [2.24, 2.45) is 5.73 Å². The van der Waals surface area contributed by atoms with Crippen molar-refractivity contribution in [3.8, 4) is 0 Å². The number of alkyl halides is 3. The van der Waals surface area contributed by atoms with Crippen LogP contribution in [0.15, 0.2) is 0 Å². The van der Waals surface area contributed by atoms with Crippen molar-refractivity contribution in [3.63, 3.8) is 0 Å². The van der Waals surface area contributed by atoms with Gasteiger partial charge >= 0.3 is 6.18 Å². The number of aromatic nitrogens is 3. The molecule has 0 fully saturated rings. The Morgan fingerprint density at radius 2 is 2.17 bits per heavy atom. The lowest BCUT2D eigenvalue weighted by Gasteiger charge is -2.16.